The average molecular weight is 780 g/mol. The van der Waals surface area contributed by atoms with E-state index in [0.29, 0.717) is 20.3 Å². The molecule has 4 atom stereocenters. The summed E-state index contributed by atoms with van der Waals surface area (Å²) in [7, 11) is 0. The van der Waals surface area contributed by atoms with E-state index in [1.165, 1.54) is 70.2 Å². The first-order valence-electron chi connectivity index (χ1n) is 20.1. The summed E-state index contributed by atoms with van der Waals surface area (Å²) in [6.07, 6.45) is 11.2. The molecule has 4 aromatic carbocycles. The van der Waals surface area contributed by atoms with Gasteiger partial charge in [-0.05, 0) is 0 Å². The molecular weight excluding hydrogens is 719 g/mol. The van der Waals surface area contributed by atoms with Crippen molar-refractivity contribution in [1.82, 2.24) is 0 Å². The Morgan fingerprint density at radius 3 is 1.19 bits per heavy atom. The van der Waals surface area contributed by atoms with Gasteiger partial charge in [0.1, 0.15) is 0 Å². The van der Waals surface area contributed by atoms with E-state index < -0.39 is 16.6 Å². The summed E-state index contributed by atoms with van der Waals surface area (Å²) >= 11 is -2.85. The molecule has 0 nitrogen and oxygen atoms in total. The minimum absolute atomic E-state index is 0. The maximum atomic E-state index is 2.71. The average Bonchev–Trinajstić information content (AvgIpc) is 3.36. The van der Waals surface area contributed by atoms with E-state index in [1.807, 2.05) is 0 Å². The maximum Gasteiger partial charge on any atom is -1.00 e. The van der Waals surface area contributed by atoms with E-state index in [4.69, 9.17) is 0 Å². The number of fused-ring (bicyclic) bond motifs is 3. The molecule has 3 heteroatoms. The SMILES string of the molecule is CC(C)c1ccc(-c2cccc3c2C=C(C(C)(C)C)[CH]3[Ti+2]2([CH]3C(C(C)(C)C)=Cc4c(-c5ccc(C(C)C)cc5)cccc43)[CH]3CCCC[CH]32)cc1.[Cl-].[Cl-]. The van der Waals surface area contributed by atoms with Gasteiger partial charge in [0.05, 0.1) is 0 Å². The van der Waals surface area contributed by atoms with Crippen LogP contribution in [0.15, 0.2) is 96.1 Å². The van der Waals surface area contributed by atoms with Gasteiger partial charge in [0, 0.05) is 0 Å². The van der Waals surface area contributed by atoms with Crippen LogP contribution in [0.3, 0.4) is 0 Å². The molecule has 0 amide bonds. The third-order valence-corrected chi connectivity index (χ3v) is 24.2. The summed E-state index contributed by atoms with van der Waals surface area (Å²) in [5.41, 5.74) is 18.5. The largest absolute Gasteiger partial charge is 1.00 e. The zero-order valence-electron chi connectivity index (χ0n) is 33.8. The Morgan fingerprint density at radius 2 is 0.868 bits per heavy atom. The molecule has 2 fully saturated rings. The smallest absolute Gasteiger partial charge is 1.00 e. The van der Waals surface area contributed by atoms with Gasteiger partial charge in [0.15, 0.2) is 0 Å². The van der Waals surface area contributed by atoms with Crippen molar-refractivity contribution in [1.29, 1.82) is 0 Å². The van der Waals surface area contributed by atoms with Gasteiger partial charge < -0.3 is 24.8 Å². The summed E-state index contributed by atoms with van der Waals surface area (Å²) in [5.74, 6) is 1.09. The van der Waals surface area contributed by atoms with Gasteiger partial charge in [-0.3, -0.25) is 0 Å². The van der Waals surface area contributed by atoms with Crippen molar-refractivity contribution in [3.05, 3.63) is 129 Å². The molecule has 0 N–H and O–H groups in total. The summed E-state index contributed by atoms with van der Waals surface area (Å²) < 4.78 is 3.06. The standard InChI is InChI=1S/2C22H25.C6H10.2ClH.Ti/c2*1-15(2)16-9-11-17(12-10-16)20-8-6-7-18-13-19(14-21(18)20)22(3,4)5;1-2-4-6-5-3-1;;;/h2*6-15H,1-5H3;1-2H,3-6H2;2*1H;/q;;;;;+2/p-2. The van der Waals surface area contributed by atoms with E-state index >= 15 is 0 Å². The first-order valence-corrected chi connectivity index (χ1v) is 23.7. The normalized spacial score (nSPS) is 23.2. The predicted molar refractivity (Wildman–Crippen MR) is 218 cm³/mol. The molecule has 4 aromatic rings. The summed E-state index contributed by atoms with van der Waals surface area (Å²) in [4.78, 5) is 0. The van der Waals surface area contributed by atoms with Crippen LogP contribution in [0.4, 0.5) is 0 Å². The van der Waals surface area contributed by atoms with Crippen LogP contribution in [0.2, 0.25) is 8.45 Å². The molecule has 0 aromatic heterocycles. The second-order valence-corrected chi connectivity index (χ2v) is 26.5. The van der Waals surface area contributed by atoms with E-state index in [9.17, 15) is 0 Å². The zero-order valence-corrected chi connectivity index (χ0v) is 36.9. The number of hydrogen-bond acceptors (Lipinski definition) is 0. The monoisotopic (exact) mass is 778 g/mol. The van der Waals surface area contributed by atoms with Crippen molar-refractivity contribution in [2.24, 2.45) is 10.8 Å². The fourth-order valence-corrected chi connectivity index (χ4v) is 25.8. The fraction of sp³-hybridized carbons (Fsp3) is 0.440. The van der Waals surface area contributed by atoms with Crippen LogP contribution in [-0.4, -0.2) is 0 Å². The molecular formula is C50H60Cl2Ti. The Kier molecular flexibility index (Phi) is 11.1. The Hall–Kier alpha value is -2.35. The fourth-order valence-electron chi connectivity index (χ4n) is 11.0. The third-order valence-electron chi connectivity index (χ3n) is 13.6. The molecule has 278 valence electrons. The summed E-state index contributed by atoms with van der Waals surface area (Å²) in [6.45, 7) is 24.3. The Morgan fingerprint density at radius 1 is 0.509 bits per heavy atom. The second kappa shape index (κ2) is 14.6. The molecule has 4 unspecified atom stereocenters. The number of halogens is 2. The first kappa shape index (κ1) is 40.3. The zero-order chi connectivity index (χ0) is 36.0. The van der Waals surface area contributed by atoms with Crippen molar-refractivity contribution >= 4 is 12.2 Å². The minimum atomic E-state index is -2.85. The predicted octanol–water partition coefficient (Wildman–Crippen LogP) is 9.26. The van der Waals surface area contributed by atoms with Gasteiger partial charge in [-0.25, -0.2) is 0 Å². The summed E-state index contributed by atoms with van der Waals surface area (Å²) in [6, 6.07) is 33.8. The van der Waals surface area contributed by atoms with E-state index in [1.54, 1.807) is 22.3 Å². The number of allylic oxidation sites excluding steroid dienone is 2. The van der Waals surface area contributed by atoms with E-state index in [2.05, 4.69) is 166 Å². The molecule has 1 saturated heterocycles. The number of rotatable bonds is 6. The minimum Gasteiger partial charge on any atom is -1.00 e. The van der Waals surface area contributed by atoms with Crippen molar-refractivity contribution in [3.63, 3.8) is 0 Å². The Balaban J connectivity index is 0.00000240. The molecule has 1 saturated carbocycles. The van der Waals surface area contributed by atoms with Crippen molar-refractivity contribution in [3.8, 4) is 22.3 Å². The molecule has 3 aliphatic carbocycles. The number of hydrogen-bond donors (Lipinski definition) is 0. The van der Waals surface area contributed by atoms with Crippen LogP contribution in [0.5, 0.6) is 0 Å². The van der Waals surface area contributed by atoms with Gasteiger partial charge in [-0.15, -0.1) is 0 Å². The molecule has 1 aliphatic heterocycles. The Bertz CT molecular complexity index is 1880. The molecule has 8 rings (SSSR count). The summed E-state index contributed by atoms with van der Waals surface area (Å²) in [5, 5.41) is 0. The number of benzene rings is 4. The van der Waals surface area contributed by atoms with Crippen LogP contribution >= 0.6 is 0 Å². The van der Waals surface area contributed by atoms with Gasteiger partial charge in [-0.1, -0.05) is 0 Å². The quantitative estimate of drug-likeness (QED) is 0.171. The molecule has 0 bridgehead atoms. The molecule has 0 spiro atoms. The van der Waals surface area contributed by atoms with Crippen LogP contribution in [0.1, 0.15) is 149 Å². The molecule has 4 aliphatic rings. The van der Waals surface area contributed by atoms with Crippen LogP contribution in [-0.2, 0) is 16.6 Å². The van der Waals surface area contributed by atoms with E-state index in [0.717, 1.165) is 8.45 Å². The van der Waals surface area contributed by atoms with Crippen LogP contribution < -0.4 is 24.8 Å². The molecule has 1 heterocycles. The van der Waals surface area contributed by atoms with Gasteiger partial charge in [0.2, 0.25) is 0 Å². The Labute approximate surface area is 337 Å². The third kappa shape index (κ3) is 6.61. The van der Waals surface area contributed by atoms with E-state index in [-0.39, 0.29) is 35.6 Å². The second-order valence-electron chi connectivity index (χ2n) is 19.2. The van der Waals surface area contributed by atoms with Crippen LogP contribution in [0.25, 0.3) is 34.4 Å². The first-order chi connectivity index (χ1) is 24.2. The maximum absolute atomic E-state index is 2.85. The topological polar surface area (TPSA) is 0 Å². The van der Waals surface area contributed by atoms with Crippen molar-refractivity contribution in [2.75, 3.05) is 0 Å². The molecule has 53 heavy (non-hydrogen) atoms. The van der Waals surface area contributed by atoms with Crippen LogP contribution in [0, 0.1) is 10.8 Å². The van der Waals surface area contributed by atoms with Gasteiger partial charge >= 0.3 is 315 Å². The van der Waals surface area contributed by atoms with Crippen molar-refractivity contribution in [2.45, 2.75) is 124 Å². The van der Waals surface area contributed by atoms with Crippen molar-refractivity contribution < 1.29 is 41.4 Å². The molecule has 0 radical (unpaired) electrons. The van der Waals surface area contributed by atoms with Gasteiger partial charge in [-0.2, -0.15) is 0 Å². The van der Waals surface area contributed by atoms with Gasteiger partial charge in [0.25, 0.3) is 0 Å².